The summed E-state index contributed by atoms with van der Waals surface area (Å²) in [6.45, 7) is 7.59. The van der Waals surface area contributed by atoms with Gasteiger partial charge in [0.2, 0.25) is 0 Å². The van der Waals surface area contributed by atoms with E-state index in [1.165, 1.54) is 11.1 Å². The number of anilines is 1. The van der Waals surface area contributed by atoms with Crippen LogP contribution in [0.25, 0.3) is 0 Å². The van der Waals surface area contributed by atoms with Gasteiger partial charge in [-0.2, -0.15) is 0 Å². The van der Waals surface area contributed by atoms with Crippen LogP contribution in [0.2, 0.25) is 0 Å². The molecule has 0 amide bonds. The number of benzene rings is 1. The molecule has 1 aromatic carbocycles. The Balaban J connectivity index is 1.93. The second-order valence-electron chi connectivity index (χ2n) is 4.74. The van der Waals surface area contributed by atoms with Gasteiger partial charge in [0.05, 0.1) is 6.54 Å². The molecule has 0 spiro atoms. The highest BCUT2D eigenvalue weighted by atomic mass is 79.9. The molecule has 3 nitrogen and oxygen atoms in total. The summed E-state index contributed by atoms with van der Waals surface area (Å²) < 4.78 is 7.04. The highest BCUT2D eigenvalue weighted by Crippen LogP contribution is 2.31. The van der Waals surface area contributed by atoms with Gasteiger partial charge in [-0.05, 0) is 55.7 Å². The van der Waals surface area contributed by atoms with E-state index in [2.05, 4.69) is 53.1 Å². The first kappa shape index (κ1) is 14.9. The Bertz CT molecular complexity index is 585. The van der Waals surface area contributed by atoms with Gasteiger partial charge in [0, 0.05) is 10.7 Å². The van der Waals surface area contributed by atoms with Gasteiger partial charge in [-0.15, -0.1) is 0 Å². The van der Waals surface area contributed by atoms with Gasteiger partial charge in [-0.25, -0.2) is 4.98 Å². The minimum atomic E-state index is 0.610. The first-order chi connectivity index (χ1) is 9.59. The van der Waals surface area contributed by atoms with E-state index in [4.69, 9.17) is 4.74 Å². The van der Waals surface area contributed by atoms with Gasteiger partial charge in [-0.1, -0.05) is 22.0 Å². The number of hydrogen-bond acceptors (Lipinski definition) is 3. The Morgan fingerprint density at radius 1 is 1.20 bits per heavy atom. The lowest BCUT2D eigenvalue weighted by Gasteiger charge is -2.15. The van der Waals surface area contributed by atoms with Crippen molar-refractivity contribution in [2.45, 2.75) is 20.8 Å². The summed E-state index contributed by atoms with van der Waals surface area (Å²) in [4.78, 5) is 4.21. The van der Waals surface area contributed by atoms with Crippen LogP contribution in [0.4, 0.5) is 5.82 Å². The number of nitrogens with zero attached hydrogens (tertiary/aromatic N) is 1. The third-order valence-electron chi connectivity index (χ3n) is 3.28. The molecule has 0 unspecified atom stereocenters. The molecule has 0 bridgehead atoms. The lowest BCUT2D eigenvalue weighted by molar-refractivity contribution is 0.328. The van der Waals surface area contributed by atoms with Gasteiger partial charge in [-0.3, -0.25) is 0 Å². The largest absolute Gasteiger partial charge is 0.491 e. The SMILES string of the molecule is Cc1cc(Br)c(C)c(C)c1OCCNc1ccccn1. The molecule has 0 saturated carbocycles. The zero-order valence-electron chi connectivity index (χ0n) is 12.0. The van der Waals surface area contributed by atoms with Crippen molar-refractivity contribution in [1.82, 2.24) is 4.98 Å². The maximum absolute atomic E-state index is 5.91. The number of aryl methyl sites for hydroxylation is 1. The third-order valence-corrected chi connectivity index (χ3v) is 4.11. The normalized spacial score (nSPS) is 10.4. The number of pyridine rings is 1. The van der Waals surface area contributed by atoms with Gasteiger partial charge >= 0.3 is 0 Å². The summed E-state index contributed by atoms with van der Waals surface area (Å²) in [5.41, 5.74) is 3.57. The lowest BCUT2D eigenvalue weighted by Crippen LogP contribution is -2.13. The molecule has 2 aromatic rings. The molecule has 4 heteroatoms. The number of nitrogens with one attached hydrogen (secondary N) is 1. The third kappa shape index (κ3) is 3.51. The quantitative estimate of drug-likeness (QED) is 0.829. The molecular weight excluding hydrogens is 316 g/mol. The number of aromatic nitrogens is 1. The van der Waals surface area contributed by atoms with E-state index in [9.17, 15) is 0 Å². The van der Waals surface area contributed by atoms with Crippen LogP contribution in [0.5, 0.6) is 5.75 Å². The Morgan fingerprint density at radius 2 is 2.00 bits per heavy atom. The monoisotopic (exact) mass is 334 g/mol. The Kier molecular flexibility index (Phi) is 5.01. The zero-order chi connectivity index (χ0) is 14.5. The molecule has 1 aromatic heterocycles. The molecule has 20 heavy (non-hydrogen) atoms. The van der Waals surface area contributed by atoms with Gasteiger partial charge in [0.25, 0.3) is 0 Å². The fourth-order valence-corrected chi connectivity index (χ4v) is 2.67. The number of ether oxygens (including phenoxy) is 1. The van der Waals surface area contributed by atoms with E-state index < -0.39 is 0 Å². The number of halogens is 1. The van der Waals surface area contributed by atoms with Crippen LogP contribution in [0, 0.1) is 20.8 Å². The molecule has 1 heterocycles. The molecule has 0 saturated heterocycles. The van der Waals surface area contributed by atoms with Crippen LogP contribution in [-0.4, -0.2) is 18.1 Å². The maximum atomic E-state index is 5.91. The second-order valence-corrected chi connectivity index (χ2v) is 5.60. The summed E-state index contributed by atoms with van der Waals surface area (Å²) in [5.74, 6) is 1.85. The fraction of sp³-hybridized carbons (Fsp3) is 0.312. The lowest BCUT2D eigenvalue weighted by atomic mass is 10.1. The minimum Gasteiger partial charge on any atom is -0.491 e. The summed E-state index contributed by atoms with van der Waals surface area (Å²) in [6, 6.07) is 7.91. The highest BCUT2D eigenvalue weighted by molar-refractivity contribution is 9.10. The molecule has 1 N–H and O–H groups in total. The van der Waals surface area contributed by atoms with Crippen LogP contribution in [0.1, 0.15) is 16.7 Å². The molecule has 0 aliphatic rings. The summed E-state index contributed by atoms with van der Waals surface area (Å²) in [7, 11) is 0. The van der Waals surface area contributed by atoms with E-state index in [-0.39, 0.29) is 0 Å². The molecule has 0 aliphatic heterocycles. The molecule has 0 radical (unpaired) electrons. The summed E-state index contributed by atoms with van der Waals surface area (Å²) in [6.07, 6.45) is 1.77. The standard InChI is InChI=1S/C16H19BrN2O/c1-11-10-14(17)12(2)13(3)16(11)20-9-8-19-15-6-4-5-7-18-15/h4-7,10H,8-9H2,1-3H3,(H,18,19). The minimum absolute atomic E-state index is 0.610. The average Bonchev–Trinajstić information content (AvgIpc) is 2.45. The molecule has 0 aliphatic carbocycles. The van der Waals surface area contributed by atoms with Crippen LogP contribution >= 0.6 is 15.9 Å². The van der Waals surface area contributed by atoms with Crippen molar-refractivity contribution in [3.05, 3.63) is 51.6 Å². The molecule has 0 fully saturated rings. The maximum Gasteiger partial charge on any atom is 0.125 e. The second kappa shape index (κ2) is 6.75. The van der Waals surface area contributed by atoms with Crippen LogP contribution in [-0.2, 0) is 0 Å². The van der Waals surface area contributed by atoms with Crippen molar-refractivity contribution in [2.24, 2.45) is 0 Å². The average molecular weight is 335 g/mol. The zero-order valence-corrected chi connectivity index (χ0v) is 13.6. The van der Waals surface area contributed by atoms with Crippen molar-refractivity contribution in [3.63, 3.8) is 0 Å². The smallest absolute Gasteiger partial charge is 0.125 e. The van der Waals surface area contributed by atoms with Gasteiger partial charge in [0.15, 0.2) is 0 Å². The van der Waals surface area contributed by atoms with Crippen LogP contribution in [0.15, 0.2) is 34.9 Å². The Hall–Kier alpha value is -1.55. The van der Waals surface area contributed by atoms with Gasteiger partial charge in [0.1, 0.15) is 18.2 Å². The number of hydrogen-bond donors (Lipinski definition) is 1. The predicted molar refractivity (Wildman–Crippen MR) is 86.6 cm³/mol. The Morgan fingerprint density at radius 3 is 2.70 bits per heavy atom. The van der Waals surface area contributed by atoms with E-state index in [1.807, 2.05) is 18.2 Å². The fourth-order valence-electron chi connectivity index (χ4n) is 2.03. The summed E-state index contributed by atoms with van der Waals surface area (Å²) in [5, 5.41) is 3.23. The van der Waals surface area contributed by atoms with Crippen molar-refractivity contribution in [1.29, 1.82) is 0 Å². The van der Waals surface area contributed by atoms with E-state index >= 15 is 0 Å². The van der Waals surface area contributed by atoms with E-state index in [0.717, 1.165) is 28.1 Å². The number of rotatable bonds is 5. The van der Waals surface area contributed by atoms with Crippen molar-refractivity contribution in [3.8, 4) is 5.75 Å². The van der Waals surface area contributed by atoms with E-state index in [1.54, 1.807) is 6.20 Å². The molecule has 0 atom stereocenters. The molecule has 106 valence electrons. The Labute approximate surface area is 128 Å². The first-order valence-electron chi connectivity index (χ1n) is 6.63. The van der Waals surface area contributed by atoms with Crippen molar-refractivity contribution >= 4 is 21.7 Å². The summed E-state index contributed by atoms with van der Waals surface area (Å²) >= 11 is 3.57. The van der Waals surface area contributed by atoms with Gasteiger partial charge < -0.3 is 10.1 Å². The van der Waals surface area contributed by atoms with Crippen molar-refractivity contribution < 1.29 is 4.74 Å². The predicted octanol–water partition coefficient (Wildman–Crippen LogP) is 4.26. The van der Waals surface area contributed by atoms with Crippen LogP contribution in [0.3, 0.4) is 0 Å². The first-order valence-corrected chi connectivity index (χ1v) is 7.43. The van der Waals surface area contributed by atoms with E-state index in [0.29, 0.717) is 6.61 Å². The highest BCUT2D eigenvalue weighted by Gasteiger charge is 2.09. The van der Waals surface area contributed by atoms with Crippen LogP contribution < -0.4 is 10.1 Å². The molecular formula is C16H19BrN2O. The molecule has 2 rings (SSSR count). The topological polar surface area (TPSA) is 34.1 Å². The van der Waals surface area contributed by atoms with Crippen molar-refractivity contribution in [2.75, 3.05) is 18.5 Å².